The van der Waals surface area contributed by atoms with Crippen LogP contribution >= 0.6 is 0 Å². The van der Waals surface area contributed by atoms with Gasteiger partial charge in [0.2, 0.25) is 12.1 Å². The van der Waals surface area contributed by atoms with Crippen LogP contribution in [-0.4, -0.2) is 30.2 Å². The summed E-state index contributed by atoms with van der Waals surface area (Å²) in [5.74, 6) is 0.504. The average molecular weight is 387 g/mol. The molecule has 5 aliphatic rings. The lowest BCUT2D eigenvalue weighted by Crippen LogP contribution is -2.70. The van der Waals surface area contributed by atoms with Crippen molar-refractivity contribution >= 4 is 6.21 Å². The fraction of sp³-hybridized carbons (Fsp3) is 0.682. The van der Waals surface area contributed by atoms with E-state index >= 15 is 0 Å². The Morgan fingerprint density at radius 2 is 1.89 bits per heavy atom. The second-order valence-electron chi connectivity index (χ2n) is 9.02. The Bertz CT molecular complexity index is 742. The quantitative estimate of drug-likeness (QED) is 0.441. The normalized spacial score (nSPS) is 47.5. The molecule has 1 unspecified atom stereocenters. The van der Waals surface area contributed by atoms with E-state index in [0.717, 1.165) is 24.8 Å². The van der Waals surface area contributed by atoms with Crippen molar-refractivity contribution in [3.8, 4) is 0 Å². The van der Waals surface area contributed by atoms with E-state index in [9.17, 15) is 0 Å². The van der Waals surface area contributed by atoms with Gasteiger partial charge in [0.15, 0.2) is 11.9 Å². The van der Waals surface area contributed by atoms with Crippen molar-refractivity contribution in [3.63, 3.8) is 0 Å². The summed E-state index contributed by atoms with van der Waals surface area (Å²) in [5.41, 5.74) is 0.429. The molecule has 0 amide bonds. The van der Waals surface area contributed by atoms with Crippen LogP contribution in [0.15, 0.2) is 35.5 Å². The molecule has 6 nitrogen and oxygen atoms in total. The molecule has 4 heterocycles. The summed E-state index contributed by atoms with van der Waals surface area (Å²) in [4.78, 5) is 17.8. The molecule has 0 N–H and O–H groups in total. The molecule has 1 aliphatic carbocycles. The fourth-order valence-electron chi connectivity index (χ4n) is 5.68. The van der Waals surface area contributed by atoms with Gasteiger partial charge in [0.05, 0.1) is 6.21 Å². The maximum atomic E-state index is 6.33. The Kier molecular flexibility index (Phi) is 4.51. The molecule has 8 atom stereocenters. The van der Waals surface area contributed by atoms with E-state index in [2.05, 4.69) is 19.0 Å². The van der Waals surface area contributed by atoms with Crippen molar-refractivity contribution in [2.75, 3.05) is 0 Å². The van der Waals surface area contributed by atoms with Gasteiger partial charge in [0.1, 0.15) is 0 Å². The van der Waals surface area contributed by atoms with Gasteiger partial charge < -0.3 is 14.3 Å². The number of nitrogens with zero attached hydrogens (tertiary/aromatic N) is 1. The van der Waals surface area contributed by atoms with Gasteiger partial charge in [-0.1, -0.05) is 49.3 Å². The Balaban J connectivity index is 1.41. The predicted octanol–water partition coefficient (Wildman–Crippen LogP) is 4.25. The number of hydrogen-bond donors (Lipinski definition) is 0. The molecule has 4 saturated heterocycles. The molecule has 4 aliphatic heterocycles. The minimum absolute atomic E-state index is 0.119. The van der Waals surface area contributed by atoms with E-state index in [4.69, 9.17) is 24.1 Å². The first kappa shape index (κ1) is 18.6. The SMILES string of the molecule is C[C@@H]1CC[C@H]2[C@@H](C)C(O/N=C/c3ccccc3)O[C@@H]3O[C@@]4(C)CC[C@@H]1[C@]32OO4. The third kappa shape index (κ3) is 2.81. The third-order valence-corrected chi connectivity index (χ3v) is 7.26. The zero-order chi connectivity index (χ0) is 19.4. The zero-order valence-electron chi connectivity index (χ0n) is 16.7. The molecule has 1 aromatic carbocycles. The lowest BCUT2D eigenvalue weighted by Gasteiger charge is -2.59. The summed E-state index contributed by atoms with van der Waals surface area (Å²) in [5, 5.41) is 4.20. The lowest BCUT2D eigenvalue weighted by atomic mass is 9.58. The van der Waals surface area contributed by atoms with Gasteiger partial charge in [0, 0.05) is 18.3 Å². The largest absolute Gasteiger partial charge is 0.363 e. The maximum absolute atomic E-state index is 6.33. The fourth-order valence-corrected chi connectivity index (χ4v) is 5.68. The standard InChI is InChI=1S/C22H29NO5/c1-14-9-10-18-15(2)19(26-23-13-16-7-5-4-6-8-16)24-20-22(18)17(14)11-12-21(3,25-20)27-28-22/h4-8,13-15,17-20H,9-12H2,1-3H3/b23-13+/t14-,15-,17+,18+,19?,20-,21-,22-/m1/s1. The van der Waals surface area contributed by atoms with Crippen LogP contribution in [0.2, 0.25) is 0 Å². The van der Waals surface area contributed by atoms with Crippen molar-refractivity contribution in [2.45, 2.75) is 70.4 Å². The maximum Gasteiger partial charge on any atom is 0.232 e. The van der Waals surface area contributed by atoms with Gasteiger partial charge in [0.25, 0.3) is 0 Å². The molecule has 152 valence electrons. The molecule has 0 radical (unpaired) electrons. The monoisotopic (exact) mass is 387 g/mol. The predicted molar refractivity (Wildman–Crippen MR) is 102 cm³/mol. The molecular formula is C22H29NO5. The molecule has 6 rings (SSSR count). The van der Waals surface area contributed by atoms with Gasteiger partial charge in [-0.2, -0.15) is 0 Å². The Labute approximate surface area is 166 Å². The number of ether oxygens (including phenoxy) is 2. The molecule has 1 spiro atoms. The highest BCUT2D eigenvalue weighted by Crippen LogP contribution is 2.60. The van der Waals surface area contributed by atoms with Crippen molar-refractivity contribution in [1.82, 2.24) is 0 Å². The Morgan fingerprint density at radius 1 is 1.07 bits per heavy atom. The summed E-state index contributed by atoms with van der Waals surface area (Å²) in [6.45, 7) is 6.41. The van der Waals surface area contributed by atoms with E-state index in [1.54, 1.807) is 6.21 Å². The van der Waals surface area contributed by atoms with E-state index < -0.39 is 24.0 Å². The van der Waals surface area contributed by atoms with E-state index in [0.29, 0.717) is 11.8 Å². The third-order valence-electron chi connectivity index (χ3n) is 7.26. The van der Waals surface area contributed by atoms with Gasteiger partial charge in [-0.05, 0) is 43.6 Å². The van der Waals surface area contributed by atoms with Crippen molar-refractivity contribution in [1.29, 1.82) is 0 Å². The number of benzene rings is 1. The van der Waals surface area contributed by atoms with E-state index in [1.165, 1.54) is 6.42 Å². The summed E-state index contributed by atoms with van der Waals surface area (Å²) >= 11 is 0. The number of fused-ring (bicyclic) bond motifs is 2. The minimum atomic E-state index is -0.768. The number of rotatable bonds is 3. The topological polar surface area (TPSA) is 58.5 Å². The molecule has 0 aromatic heterocycles. The van der Waals surface area contributed by atoms with Crippen LogP contribution in [0.3, 0.4) is 0 Å². The molecule has 1 saturated carbocycles. The Hall–Kier alpha value is -1.47. The highest BCUT2D eigenvalue weighted by molar-refractivity contribution is 5.78. The van der Waals surface area contributed by atoms with Crippen LogP contribution in [0.25, 0.3) is 0 Å². The zero-order valence-corrected chi connectivity index (χ0v) is 16.7. The molecule has 28 heavy (non-hydrogen) atoms. The molecular weight excluding hydrogens is 358 g/mol. The van der Waals surface area contributed by atoms with Crippen LogP contribution in [0.5, 0.6) is 0 Å². The second kappa shape index (κ2) is 6.80. The van der Waals surface area contributed by atoms with Crippen LogP contribution in [-0.2, 0) is 24.1 Å². The van der Waals surface area contributed by atoms with Gasteiger partial charge in [-0.15, -0.1) is 0 Å². The van der Waals surface area contributed by atoms with Crippen LogP contribution in [0, 0.1) is 23.7 Å². The van der Waals surface area contributed by atoms with Crippen molar-refractivity contribution in [2.24, 2.45) is 28.8 Å². The van der Waals surface area contributed by atoms with Crippen molar-refractivity contribution < 1.29 is 24.1 Å². The van der Waals surface area contributed by atoms with Crippen LogP contribution < -0.4 is 0 Å². The summed E-state index contributed by atoms with van der Waals surface area (Å²) in [6.07, 6.45) is 4.80. The van der Waals surface area contributed by atoms with E-state index in [-0.39, 0.29) is 11.8 Å². The first-order valence-corrected chi connectivity index (χ1v) is 10.5. The second-order valence-corrected chi connectivity index (χ2v) is 9.02. The highest BCUT2D eigenvalue weighted by atomic mass is 17.3. The molecule has 1 aromatic rings. The van der Waals surface area contributed by atoms with Gasteiger partial charge >= 0.3 is 0 Å². The molecule has 2 bridgehead atoms. The smallest absolute Gasteiger partial charge is 0.232 e. The summed E-state index contributed by atoms with van der Waals surface area (Å²) < 4.78 is 12.7. The van der Waals surface area contributed by atoms with Gasteiger partial charge in [-0.3, -0.25) is 0 Å². The summed E-state index contributed by atoms with van der Waals surface area (Å²) in [7, 11) is 0. The van der Waals surface area contributed by atoms with Crippen molar-refractivity contribution in [3.05, 3.63) is 35.9 Å². The number of hydrogen-bond acceptors (Lipinski definition) is 6. The first-order valence-electron chi connectivity index (χ1n) is 10.5. The minimum Gasteiger partial charge on any atom is -0.363 e. The van der Waals surface area contributed by atoms with Crippen LogP contribution in [0.1, 0.15) is 52.0 Å². The number of oxime groups is 1. The molecule has 6 heteroatoms. The lowest BCUT2D eigenvalue weighted by molar-refractivity contribution is -0.577. The molecule has 5 fully saturated rings. The van der Waals surface area contributed by atoms with Crippen LogP contribution in [0.4, 0.5) is 0 Å². The average Bonchev–Trinajstić information content (AvgIpc) is 2.92. The Morgan fingerprint density at radius 3 is 2.71 bits per heavy atom. The first-order chi connectivity index (χ1) is 13.5. The van der Waals surface area contributed by atoms with Gasteiger partial charge in [-0.25, -0.2) is 9.78 Å². The van der Waals surface area contributed by atoms with E-state index in [1.807, 2.05) is 37.3 Å². The highest BCUT2D eigenvalue weighted by Gasteiger charge is 2.69. The summed E-state index contributed by atoms with van der Waals surface area (Å²) in [6, 6.07) is 9.90.